The topological polar surface area (TPSA) is 103 Å². The fourth-order valence-electron chi connectivity index (χ4n) is 3.18. The maximum atomic E-state index is 12.7. The van der Waals surface area contributed by atoms with Gasteiger partial charge in [-0.05, 0) is 48.9 Å². The van der Waals surface area contributed by atoms with E-state index in [1.807, 2.05) is 19.1 Å². The van der Waals surface area contributed by atoms with Gasteiger partial charge in [-0.25, -0.2) is 8.42 Å². The van der Waals surface area contributed by atoms with Crippen LogP contribution in [0.25, 0.3) is 0 Å². The van der Waals surface area contributed by atoms with Crippen LogP contribution < -0.4 is 24.2 Å². The predicted molar refractivity (Wildman–Crippen MR) is 126 cm³/mol. The van der Waals surface area contributed by atoms with Gasteiger partial charge in [0, 0.05) is 23.7 Å². The number of para-hydroxylation sites is 1. The third-order valence-corrected chi connectivity index (χ3v) is 6.42. The number of anilines is 1. The molecule has 0 aromatic heterocycles. The number of hydrogen-bond donors (Lipinski definition) is 2. The first-order valence-electron chi connectivity index (χ1n) is 10.0. The summed E-state index contributed by atoms with van der Waals surface area (Å²) in [7, 11) is 0.795. The summed E-state index contributed by atoms with van der Waals surface area (Å²) in [6.07, 6.45) is 0. The summed E-state index contributed by atoms with van der Waals surface area (Å²) in [5.41, 5.74) is 2.33. The summed E-state index contributed by atoms with van der Waals surface area (Å²) in [6, 6.07) is 16.2. The lowest BCUT2D eigenvalue weighted by molar-refractivity contribution is 0.0950. The van der Waals surface area contributed by atoms with E-state index in [1.54, 1.807) is 24.3 Å². The van der Waals surface area contributed by atoms with Gasteiger partial charge < -0.3 is 19.5 Å². The lowest BCUT2D eigenvalue weighted by atomic mass is 10.1. The van der Waals surface area contributed by atoms with Crippen LogP contribution in [0.3, 0.4) is 0 Å². The van der Waals surface area contributed by atoms with Crippen LogP contribution in [0, 0.1) is 6.92 Å². The Labute approximate surface area is 193 Å². The molecule has 8 nitrogen and oxygen atoms in total. The van der Waals surface area contributed by atoms with Gasteiger partial charge in [0.1, 0.15) is 5.75 Å². The zero-order valence-electron chi connectivity index (χ0n) is 18.8. The lowest BCUT2D eigenvalue weighted by Crippen LogP contribution is -2.23. The van der Waals surface area contributed by atoms with Crippen molar-refractivity contribution in [3.05, 3.63) is 77.4 Å². The Kier molecular flexibility index (Phi) is 7.44. The molecule has 0 fully saturated rings. The van der Waals surface area contributed by atoms with Crippen molar-refractivity contribution in [2.75, 3.05) is 26.1 Å². The fourth-order valence-corrected chi connectivity index (χ4v) is 4.32. The zero-order valence-corrected chi connectivity index (χ0v) is 19.7. The maximum Gasteiger partial charge on any atom is 0.261 e. The minimum atomic E-state index is -3.78. The average Bonchev–Trinajstić information content (AvgIpc) is 2.83. The van der Waals surface area contributed by atoms with E-state index in [-0.39, 0.29) is 17.3 Å². The molecule has 3 aromatic carbocycles. The van der Waals surface area contributed by atoms with Crippen LogP contribution in [0.2, 0.25) is 0 Å². The summed E-state index contributed by atoms with van der Waals surface area (Å²) >= 11 is 0. The van der Waals surface area contributed by atoms with Crippen molar-refractivity contribution in [2.24, 2.45) is 0 Å². The molecule has 2 N–H and O–H groups in total. The smallest absolute Gasteiger partial charge is 0.261 e. The van der Waals surface area contributed by atoms with Crippen molar-refractivity contribution in [1.29, 1.82) is 0 Å². The van der Waals surface area contributed by atoms with Crippen LogP contribution in [0.15, 0.2) is 65.6 Å². The number of nitrogens with one attached hydrogen (secondary N) is 2. The molecular formula is C24H26N2O6S. The standard InChI is InChI=1S/C24H26N2O6S/c1-16-7-5-6-8-20(16)26-33(28,29)19-11-9-17(10-12-19)24(27)25-15-18-13-22(31-3)23(32-4)14-21(18)30-2/h5-14,26H,15H2,1-4H3,(H,25,27). The van der Waals surface area contributed by atoms with E-state index in [0.717, 1.165) is 5.56 Å². The number of benzene rings is 3. The van der Waals surface area contributed by atoms with Gasteiger partial charge in [-0.3, -0.25) is 9.52 Å². The van der Waals surface area contributed by atoms with Crippen LogP contribution in [0.1, 0.15) is 21.5 Å². The Morgan fingerprint density at radius 1 is 0.848 bits per heavy atom. The molecule has 0 spiro atoms. The van der Waals surface area contributed by atoms with Crippen LogP contribution >= 0.6 is 0 Å². The third-order valence-electron chi connectivity index (χ3n) is 5.04. The highest BCUT2D eigenvalue weighted by Crippen LogP contribution is 2.34. The van der Waals surface area contributed by atoms with E-state index in [1.165, 1.54) is 45.6 Å². The second-order valence-corrected chi connectivity index (χ2v) is 8.83. The normalized spacial score (nSPS) is 10.9. The van der Waals surface area contributed by atoms with E-state index < -0.39 is 10.0 Å². The van der Waals surface area contributed by atoms with Gasteiger partial charge in [0.05, 0.1) is 31.9 Å². The molecule has 3 rings (SSSR count). The van der Waals surface area contributed by atoms with Crippen molar-refractivity contribution in [1.82, 2.24) is 5.32 Å². The van der Waals surface area contributed by atoms with E-state index in [2.05, 4.69) is 10.0 Å². The van der Waals surface area contributed by atoms with Crippen molar-refractivity contribution >= 4 is 21.6 Å². The van der Waals surface area contributed by atoms with E-state index in [9.17, 15) is 13.2 Å². The Morgan fingerprint density at radius 3 is 2.06 bits per heavy atom. The molecule has 174 valence electrons. The number of amides is 1. The highest BCUT2D eigenvalue weighted by atomic mass is 32.2. The molecule has 0 saturated carbocycles. The van der Waals surface area contributed by atoms with Crippen molar-refractivity contribution in [3.8, 4) is 17.2 Å². The van der Waals surface area contributed by atoms with Gasteiger partial charge in [0.25, 0.3) is 15.9 Å². The van der Waals surface area contributed by atoms with Crippen molar-refractivity contribution in [2.45, 2.75) is 18.4 Å². The first-order chi connectivity index (χ1) is 15.8. The summed E-state index contributed by atoms with van der Waals surface area (Å²) < 4.78 is 43.9. The van der Waals surface area contributed by atoms with Gasteiger partial charge >= 0.3 is 0 Å². The fraction of sp³-hybridized carbons (Fsp3) is 0.208. The zero-order chi connectivity index (χ0) is 24.0. The summed E-state index contributed by atoms with van der Waals surface area (Å²) in [5.74, 6) is 1.21. The lowest BCUT2D eigenvalue weighted by Gasteiger charge is -2.15. The number of sulfonamides is 1. The average molecular weight is 471 g/mol. The molecule has 33 heavy (non-hydrogen) atoms. The summed E-state index contributed by atoms with van der Waals surface area (Å²) in [4.78, 5) is 12.7. The second-order valence-electron chi connectivity index (χ2n) is 7.15. The second kappa shape index (κ2) is 10.3. The Hall–Kier alpha value is -3.72. The Bertz CT molecular complexity index is 1240. The SMILES string of the molecule is COc1cc(OC)c(OC)cc1CNC(=O)c1ccc(S(=O)(=O)Nc2ccccc2C)cc1. The van der Waals surface area contributed by atoms with Gasteiger partial charge in [0.15, 0.2) is 11.5 Å². The third kappa shape index (κ3) is 5.56. The quantitative estimate of drug-likeness (QED) is 0.494. The minimum absolute atomic E-state index is 0.0591. The minimum Gasteiger partial charge on any atom is -0.496 e. The molecule has 0 bridgehead atoms. The monoisotopic (exact) mass is 470 g/mol. The summed E-state index contributed by atoms with van der Waals surface area (Å²) in [6.45, 7) is 2.00. The first-order valence-corrected chi connectivity index (χ1v) is 11.5. The number of carbonyl (C=O) groups is 1. The molecule has 9 heteroatoms. The number of ether oxygens (including phenoxy) is 3. The number of aryl methyl sites for hydroxylation is 1. The Balaban J connectivity index is 1.72. The molecule has 0 unspecified atom stereocenters. The van der Waals surface area contributed by atoms with Gasteiger partial charge in [-0.15, -0.1) is 0 Å². The van der Waals surface area contributed by atoms with Gasteiger partial charge in [0.2, 0.25) is 0 Å². The highest BCUT2D eigenvalue weighted by molar-refractivity contribution is 7.92. The number of rotatable bonds is 9. The highest BCUT2D eigenvalue weighted by Gasteiger charge is 2.17. The molecule has 3 aromatic rings. The largest absolute Gasteiger partial charge is 0.496 e. The molecule has 0 radical (unpaired) electrons. The molecule has 0 heterocycles. The van der Waals surface area contributed by atoms with Crippen molar-refractivity contribution in [3.63, 3.8) is 0 Å². The molecular weight excluding hydrogens is 444 g/mol. The van der Waals surface area contributed by atoms with Crippen LogP contribution in [0.4, 0.5) is 5.69 Å². The Morgan fingerprint density at radius 2 is 1.45 bits per heavy atom. The first kappa shape index (κ1) is 23.9. The van der Waals surface area contributed by atoms with E-state index in [0.29, 0.717) is 34.1 Å². The number of methoxy groups -OCH3 is 3. The summed E-state index contributed by atoms with van der Waals surface area (Å²) in [5, 5.41) is 2.80. The van der Waals surface area contributed by atoms with E-state index in [4.69, 9.17) is 14.2 Å². The van der Waals surface area contributed by atoms with Crippen LogP contribution in [-0.4, -0.2) is 35.7 Å². The molecule has 0 aliphatic heterocycles. The molecule has 1 amide bonds. The molecule has 0 aliphatic rings. The van der Waals surface area contributed by atoms with Gasteiger partial charge in [-0.2, -0.15) is 0 Å². The molecule has 0 atom stereocenters. The van der Waals surface area contributed by atoms with Crippen LogP contribution in [-0.2, 0) is 16.6 Å². The van der Waals surface area contributed by atoms with Gasteiger partial charge in [-0.1, -0.05) is 18.2 Å². The number of carbonyl (C=O) groups excluding carboxylic acids is 1. The van der Waals surface area contributed by atoms with Crippen LogP contribution in [0.5, 0.6) is 17.2 Å². The molecule has 0 saturated heterocycles. The predicted octanol–water partition coefficient (Wildman–Crippen LogP) is 3.75. The maximum absolute atomic E-state index is 12.7. The molecule has 0 aliphatic carbocycles. The van der Waals surface area contributed by atoms with Crippen molar-refractivity contribution < 1.29 is 27.4 Å². The van der Waals surface area contributed by atoms with E-state index >= 15 is 0 Å². The number of hydrogen-bond acceptors (Lipinski definition) is 6.